The van der Waals surface area contributed by atoms with Crippen LogP contribution >= 0.6 is 0 Å². The Kier molecular flexibility index (Phi) is 5.68. The van der Waals surface area contributed by atoms with E-state index in [1.807, 2.05) is 19.9 Å². The molecule has 0 heterocycles. The Hall–Kier alpha value is -3.15. The van der Waals surface area contributed by atoms with Gasteiger partial charge in [0.05, 0.1) is 16.7 Å². The molecule has 0 fully saturated rings. The number of nitrogens with zero attached hydrogens (tertiary/aromatic N) is 1. The van der Waals surface area contributed by atoms with Crippen LogP contribution in [0.25, 0.3) is 6.08 Å². The summed E-state index contributed by atoms with van der Waals surface area (Å²) in [5.74, 6) is 0.242. The van der Waals surface area contributed by atoms with E-state index in [1.54, 1.807) is 30.3 Å². The number of carbonyl (C=O) groups is 1. The van der Waals surface area contributed by atoms with Gasteiger partial charge in [0, 0.05) is 18.2 Å². The van der Waals surface area contributed by atoms with Crippen LogP contribution in [0.4, 0.5) is 11.4 Å². The summed E-state index contributed by atoms with van der Waals surface area (Å²) in [6.07, 6.45) is 2.84. The lowest BCUT2D eigenvalue weighted by atomic mass is 10.2. The molecular weight excluding hydrogens is 308 g/mol. The van der Waals surface area contributed by atoms with Crippen molar-refractivity contribution in [1.29, 1.82) is 0 Å². The van der Waals surface area contributed by atoms with Gasteiger partial charge in [-0.3, -0.25) is 14.9 Å². The van der Waals surface area contributed by atoms with Gasteiger partial charge in [0.15, 0.2) is 0 Å². The molecule has 0 aliphatic carbocycles. The maximum atomic E-state index is 12.1. The fraction of sp³-hybridized carbons (Fsp3) is 0.167. The first-order valence-electron chi connectivity index (χ1n) is 7.45. The maximum Gasteiger partial charge on any atom is 0.270 e. The maximum absolute atomic E-state index is 12.1. The molecule has 0 aliphatic rings. The zero-order chi connectivity index (χ0) is 17.5. The molecule has 1 amide bonds. The lowest BCUT2D eigenvalue weighted by molar-refractivity contribution is -0.384. The lowest BCUT2D eigenvalue weighted by Crippen LogP contribution is -2.12. The largest absolute Gasteiger partial charge is 0.489 e. The smallest absolute Gasteiger partial charge is 0.270 e. The fourth-order valence-corrected chi connectivity index (χ4v) is 2.01. The molecule has 1 N–H and O–H groups in total. The molecule has 0 atom stereocenters. The molecule has 0 bridgehead atoms. The summed E-state index contributed by atoms with van der Waals surface area (Å²) in [7, 11) is 0. The average molecular weight is 326 g/mol. The second-order valence-electron chi connectivity index (χ2n) is 5.34. The predicted octanol–water partition coefficient (Wildman–Crippen LogP) is 4.03. The number of nitrogens with one attached hydrogen (secondary N) is 1. The highest BCUT2D eigenvalue weighted by atomic mass is 16.6. The minimum absolute atomic E-state index is 0.0107. The molecule has 0 aliphatic heterocycles. The van der Waals surface area contributed by atoms with Crippen LogP contribution in [0, 0.1) is 10.1 Å². The molecule has 0 radical (unpaired) electrons. The first kappa shape index (κ1) is 17.2. The van der Waals surface area contributed by atoms with Crippen molar-refractivity contribution in [2.75, 3.05) is 5.32 Å². The summed E-state index contributed by atoms with van der Waals surface area (Å²) in [4.78, 5) is 22.3. The first-order chi connectivity index (χ1) is 11.5. The Labute approximate surface area is 139 Å². The average Bonchev–Trinajstić information content (AvgIpc) is 2.54. The molecule has 2 aromatic carbocycles. The zero-order valence-electron chi connectivity index (χ0n) is 13.4. The first-order valence-corrected chi connectivity index (χ1v) is 7.45. The number of nitro benzene ring substituents is 1. The Bertz CT molecular complexity index is 769. The van der Waals surface area contributed by atoms with E-state index in [0.29, 0.717) is 17.0 Å². The monoisotopic (exact) mass is 326 g/mol. The second kappa shape index (κ2) is 7.92. The molecule has 6 nitrogen and oxygen atoms in total. The van der Waals surface area contributed by atoms with E-state index in [2.05, 4.69) is 5.32 Å². The molecule has 0 saturated heterocycles. The number of hydrogen-bond donors (Lipinski definition) is 1. The van der Waals surface area contributed by atoms with Gasteiger partial charge in [0.2, 0.25) is 5.91 Å². The van der Waals surface area contributed by atoms with Crippen molar-refractivity contribution in [2.45, 2.75) is 20.0 Å². The molecule has 0 unspecified atom stereocenters. The number of non-ortho nitro benzene ring substituents is 1. The highest BCUT2D eigenvalue weighted by Crippen LogP contribution is 2.24. The van der Waals surface area contributed by atoms with Crippen LogP contribution in [0.1, 0.15) is 19.4 Å². The standard InChI is InChI=1S/C18H18N2O4/c1-13(2)24-17-9-4-3-8-16(17)19-18(21)11-10-14-6-5-7-15(12-14)20(22)23/h3-13H,1-2H3,(H,19,21)/b11-10+. The number of nitro groups is 1. The Morgan fingerprint density at radius 1 is 1.21 bits per heavy atom. The SMILES string of the molecule is CC(C)Oc1ccccc1NC(=O)/C=C/c1cccc([N+](=O)[O-])c1. The topological polar surface area (TPSA) is 81.5 Å². The quantitative estimate of drug-likeness (QED) is 0.493. The number of amides is 1. The normalized spacial score (nSPS) is 10.8. The van der Waals surface area contributed by atoms with Crippen molar-refractivity contribution in [2.24, 2.45) is 0 Å². The van der Waals surface area contributed by atoms with E-state index >= 15 is 0 Å². The Balaban J connectivity index is 2.08. The number of para-hydroxylation sites is 2. The molecule has 0 saturated carbocycles. The highest BCUT2D eigenvalue weighted by Gasteiger charge is 2.07. The number of carbonyl (C=O) groups excluding carboxylic acids is 1. The fourth-order valence-electron chi connectivity index (χ4n) is 2.01. The van der Waals surface area contributed by atoms with Gasteiger partial charge in [-0.25, -0.2) is 0 Å². The van der Waals surface area contributed by atoms with Gasteiger partial charge in [-0.05, 0) is 37.6 Å². The number of hydrogen-bond acceptors (Lipinski definition) is 4. The van der Waals surface area contributed by atoms with Crippen LogP contribution in [0.3, 0.4) is 0 Å². The summed E-state index contributed by atoms with van der Waals surface area (Å²) in [6, 6.07) is 13.2. The van der Waals surface area contributed by atoms with E-state index in [4.69, 9.17) is 4.74 Å². The number of anilines is 1. The predicted molar refractivity (Wildman–Crippen MR) is 93.0 cm³/mol. The summed E-state index contributed by atoms with van der Waals surface area (Å²) < 4.78 is 5.64. The van der Waals surface area contributed by atoms with E-state index in [0.717, 1.165) is 0 Å². The Morgan fingerprint density at radius 2 is 1.96 bits per heavy atom. The van der Waals surface area contributed by atoms with Crippen LogP contribution in [0.5, 0.6) is 5.75 Å². The van der Waals surface area contributed by atoms with Crippen molar-refractivity contribution in [1.82, 2.24) is 0 Å². The second-order valence-corrected chi connectivity index (χ2v) is 5.34. The molecule has 124 valence electrons. The van der Waals surface area contributed by atoms with E-state index in [1.165, 1.54) is 24.3 Å². The van der Waals surface area contributed by atoms with Gasteiger partial charge in [0.25, 0.3) is 5.69 Å². The summed E-state index contributed by atoms with van der Waals surface area (Å²) in [5.41, 5.74) is 1.12. The number of rotatable bonds is 6. The molecule has 2 aromatic rings. The van der Waals surface area contributed by atoms with Crippen molar-refractivity contribution < 1.29 is 14.5 Å². The third-order valence-electron chi connectivity index (χ3n) is 3.02. The van der Waals surface area contributed by atoms with Crippen molar-refractivity contribution in [3.05, 3.63) is 70.3 Å². The summed E-state index contributed by atoms with van der Waals surface area (Å²) in [6.45, 7) is 3.81. The van der Waals surface area contributed by atoms with Crippen molar-refractivity contribution >= 4 is 23.4 Å². The molecule has 2 rings (SSSR count). The van der Waals surface area contributed by atoms with Gasteiger partial charge in [0.1, 0.15) is 5.75 Å². The highest BCUT2D eigenvalue weighted by molar-refractivity contribution is 6.02. The van der Waals surface area contributed by atoms with Gasteiger partial charge >= 0.3 is 0 Å². The van der Waals surface area contributed by atoms with Gasteiger partial charge in [-0.1, -0.05) is 24.3 Å². The van der Waals surface area contributed by atoms with E-state index in [9.17, 15) is 14.9 Å². The molecule has 0 spiro atoms. The minimum atomic E-state index is -0.475. The van der Waals surface area contributed by atoms with Gasteiger partial charge < -0.3 is 10.1 Å². The van der Waals surface area contributed by atoms with Gasteiger partial charge in [-0.2, -0.15) is 0 Å². The summed E-state index contributed by atoms with van der Waals surface area (Å²) in [5, 5.41) is 13.5. The van der Waals surface area contributed by atoms with E-state index in [-0.39, 0.29) is 17.7 Å². The number of ether oxygens (including phenoxy) is 1. The summed E-state index contributed by atoms with van der Waals surface area (Å²) >= 11 is 0. The molecule has 0 aromatic heterocycles. The third kappa shape index (κ3) is 4.95. The zero-order valence-corrected chi connectivity index (χ0v) is 13.4. The molecular formula is C18H18N2O4. The van der Waals surface area contributed by atoms with Crippen LogP contribution in [0.15, 0.2) is 54.6 Å². The van der Waals surface area contributed by atoms with Gasteiger partial charge in [-0.15, -0.1) is 0 Å². The van der Waals surface area contributed by atoms with Crippen LogP contribution in [-0.2, 0) is 4.79 Å². The minimum Gasteiger partial charge on any atom is -0.489 e. The third-order valence-corrected chi connectivity index (χ3v) is 3.02. The Morgan fingerprint density at radius 3 is 2.67 bits per heavy atom. The van der Waals surface area contributed by atoms with E-state index < -0.39 is 4.92 Å². The lowest BCUT2D eigenvalue weighted by Gasteiger charge is -2.14. The van der Waals surface area contributed by atoms with Crippen LogP contribution < -0.4 is 10.1 Å². The van der Waals surface area contributed by atoms with Crippen molar-refractivity contribution in [3.8, 4) is 5.75 Å². The number of benzene rings is 2. The van der Waals surface area contributed by atoms with Crippen molar-refractivity contribution in [3.63, 3.8) is 0 Å². The molecule has 24 heavy (non-hydrogen) atoms. The van der Waals surface area contributed by atoms with Crippen LogP contribution in [-0.4, -0.2) is 16.9 Å². The molecule has 6 heteroatoms. The van der Waals surface area contributed by atoms with Crippen LogP contribution in [0.2, 0.25) is 0 Å².